The third-order valence-corrected chi connectivity index (χ3v) is 2.05. The molecule has 0 bridgehead atoms. The lowest BCUT2D eigenvalue weighted by atomic mass is 10.1. The lowest BCUT2D eigenvalue weighted by Crippen LogP contribution is -2.00. The maximum absolute atomic E-state index is 11.2. The maximum Gasteiger partial charge on any atom is 0.271 e. The number of rotatable bonds is 1. The summed E-state index contributed by atoms with van der Waals surface area (Å²) < 4.78 is 0. The van der Waals surface area contributed by atoms with E-state index >= 15 is 0 Å². The zero-order valence-electron chi connectivity index (χ0n) is 6.67. The van der Waals surface area contributed by atoms with Crippen molar-refractivity contribution in [2.45, 2.75) is 0 Å². The van der Waals surface area contributed by atoms with Crippen molar-refractivity contribution in [3.63, 3.8) is 0 Å². The van der Waals surface area contributed by atoms with E-state index in [0.29, 0.717) is 10.6 Å². The molecule has 13 heavy (non-hydrogen) atoms. The monoisotopic (exact) mass is 194 g/mol. The van der Waals surface area contributed by atoms with Crippen LogP contribution in [0.3, 0.4) is 0 Å². The Kier molecular flexibility index (Phi) is 1.94. The highest BCUT2D eigenvalue weighted by Gasteiger charge is 2.02. The molecule has 0 radical (unpaired) electrons. The molecular weight excluding hydrogens is 188 g/mol. The van der Waals surface area contributed by atoms with Gasteiger partial charge in [0.2, 0.25) is 0 Å². The highest BCUT2D eigenvalue weighted by Crippen LogP contribution is 2.17. The second kappa shape index (κ2) is 3.11. The second-order valence-corrected chi connectivity index (χ2v) is 3.10. The Balaban J connectivity index is 2.54. The van der Waals surface area contributed by atoms with Crippen LogP contribution in [0.4, 0.5) is 0 Å². The predicted molar refractivity (Wildman–Crippen MR) is 51.9 cm³/mol. The van der Waals surface area contributed by atoms with Crippen LogP contribution < -0.4 is 5.56 Å². The zero-order chi connectivity index (χ0) is 9.26. The molecule has 0 saturated carbocycles. The average molecular weight is 195 g/mol. The Morgan fingerprint density at radius 3 is 2.38 bits per heavy atom. The molecule has 0 saturated heterocycles. The largest absolute Gasteiger partial charge is 0.305 e. The van der Waals surface area contributed by atoms with Gasteiger partial charge in [0.05, 0.1) is 5.56 Å². The molecule has 3 nitrogen and oxygen atoms in total. The van der Waals surface area contributed by atoms with E-state index in [9.17, 15) is 4.79 Å². The molecule has 2 rings (SSSR count). The Bertz CT molecular complexity index is 455. The van der Waals surface area contributed by atoms with Crippen LogP contribution in [0, 0.1) is 0 Å². The summed E-state index contributed by atoms with van der Waals surface area (Å²) in [7, 11) is 0. The van der Waals surface area contributed by atoms with Crippen LogP contribution in [0.25, 0.3) is 11.1 Å². The fourth-order valence-electron chi connectivity index (χ4n) is 1.15. The number of aromatic amines is 2. The van der Waals surface area contributed by atoms with Crippen LogP contribution >= 0.6 is 11.6 Å². The van der Waals surface area contributed by atoms with Crippen molar-refractivity contribution >= 4 is 11.6 Å². The van der Waals surface area contributed by atoms with Crippen LogP contribution in [0.2, 0.25) is 5.02 Å². The van der Waals surface area contributed by atoms with Gasteiger partial charge in [-0.2, -0.15) is 0 Å². The lowest BCUT2D eigenvalue weighted by molar-refractivity contribution is 1.06. The number of aromatic nitrogens is 2. The average Bonchev–Trinajstić information content (AvgIpc) is 2.53. The molecule has 0 aliphatic heterocycles. The van der Waals surface area contributed by atoms with Gasteiger partial charge >= 0.3 is 0 Å². The van der Waals surface area contributed by atoms with Gasteiger partial charge in [-0.05, 0) is 17.7 Å². The summed E-state index contributed by atoms with van der Waals surface area (Å²) in [4.78, 5) is 11.2. The molecule has 1 heterocycles. The first kappa shape index (κ1) is 8.13. The van der Waals surface area contributed by atoms with Crippen molar-refractivity contribution in [3.05, 3.63) is 45.8 Å². The minimum Gasteiger partial charge on any atom is -0.305 e. The number of hydrogen-bond acceptors (Lipinski definition) is 1. The molecule has 0 aliphatic rings. The first-order chi connectivity index (χ1) is 6.27. The predicted octanol–water partition coefficient (Wildman–Crippen LogP) is 2.02. The number of hydrogen-bond donors (Lipinski definition) is 2. The second-order valence-electron chi connectivity index (χ2n) is 2.66. The Morgan fingerprint density at radius 1 is 1.15 bits per heavy atom. The number of benzene rings is 1. The van der Waals surface area contributed by atoms with Gasteiger partial charge in [0.15, 0.2) is 0 Å². The molecular formula is C9H7ClN2O. The van der Waals surface area contributed by atoms with Gasteiger partial charge in [0.25, 0.3) is 5.56 Å². The number of nitrogens with one attached hydrogen (secondary N) is 2. The van der Waals surface area contributed by atoms with E-state index in [-0.39, 0.29) is 5.56 Å². The number of halogens is 1. The van der Waals surface area contributed by atoms with Crippen LogP contribution in [0.15, 0.2) is 35.3 Å². The van der Waals surface area contributed by atoms with Crippen LogP contribution in [-0.2, 0) is 0 Å². The highest BCUT2D eigenvalue weighted by molar-refractivity contribution is 6.30. The van der Waals surface area contributed by atoms with Gasteiger partial charge in [-0.15, -0.1) is 0 Å². The number of H-pyrrole nitrogens is 2. The van der Waals surface area contributed by atoms with E-state index < -0.39 is 0 Å². The molecule has 0 atom stereocenters. The molecule has 2 aromatic rings. The van der Waals surface area contributed by atoms with Gasteiger partial charge < -0.3 is 5.10 Å². The van der Waals surface area contributed by atoms with Crippen LogP contribution in [-0.4, -0.2) is 10.2 Å². The quantitative estimate of drug-likeness (QED) is 0.717. The van der Waals surface area contributed by atoms with Gasteiger partial charge in [-0.3, -0.25) is 9.89 Å². The lowest BCUT2D eigenvalue weighted by Gasteiger charge is -1.94. The Morgan fingerprint density at radius 2 is 1.85 bits per heavy atom. The van der Waals surface area contributed by atoms with E-state index in [4.69, 9.17) is 11.6 Å². The first-order valence-electron chi connectivity index (χ1n) is 3.79. The fourth-order valence-corrected chi connectivity index (χ4v) is 1.28. The van der Waals surface area contributed by atoms with Gasteiger partial charge in [0.1, 0.15) is 0 Å². The summed E-state index contributed by atoms with van der Waals surface area (Å²) in [6, 6.07) is 7.12. The van der Waals surface area contributed by atoms with Crippen molar-refractivity contribution in [1.29, 1.82) is 0 Å². The molecule has 4 heteroatoms. The third-order valence-electron chi connectivity index (χ3n) is 1.80. The van der Waals surface area contributed by atoms with Gasteiger partial charge in [-0.25, -0.2) is 0 Å². The van der Waals surface area contributed by atoms with Crippen molar-refractivity contribution in [3.8, 4) is 11.1 Å². The van der Waals surface area contributed by atoms with E-state index in [1.165, 1.54) is 0 Å². The molecule has 1 aromatic heterocycles. The van der Waals surface area contributed by atoms with Crippen LogP contribution in [0.5, 0.6) is 0 Å². The molecule has 0 amide bonds. The minimum absolute atomic E-state index is 0.123. The molecule has 0 aliphatic carbocycles. The summed E-state index contributed by atoms with van der Waals surface area (Å²) in [6.45, 7) is 0. The van der Waals surface area contributed by atoms with Crippen molar-refractivity contribution in [1.82, 2.24) is 10.2 Å². The van der Waals surface area contributed by atoms with E-state index in [1.807, 2.05) is 0 Å². The minimum atomic E-state index is -0.123. The maximum atomic E-state index is 11.2. The van der Waals surface area contributed by atoms with Crippen molar-refractivity contribution < 1.29 is 0 Å². The van der Waals surface area contributed by atoms with Gasteiger partial charge in [-0.1, -0.05) is 23.7 Å². The fraction of sp³-hybridized carbons (Fsp3) is 0. The normalized spacial score (nSPS) is 10.2. The summed E-state index contributed by atoms with van der Waals surface area (Å²) >= 11 is 5.72. The topological polar surface area (TPSA) is 48.6 Å². The molecule has 1 aromatic carbocycles. The SMILES string of the molecule is O=c1[nH][nH]cc1-c1ccc(Cl)cc1. The molecule has 66 valence electrons. The van der Waals surface area contributed by atoms with Gasteiger partial charge in [0, 0.05) is 11.2 Å². The van der Waals surface area contributed by atoms with E-state index in [2.05, 4.69) is 10.2 Å². The van der Waals surface area contributed by atoms with E-state index in [1.54, 1.807) is 30.5 Å². The zero-order valence-corrected chi connectivity index (χ0v) is 7.43. The Labute approximate surface area is 79.4 Å². The van der Waals surface area contributed by atoms with Crippen molar-refractivity contribution in [2.75, 3.05) is 0 Å². The summed E-state index contributed by atoms with van der Waals surface area (Å²) in [6.07, 6.45) is 1.63. The molecule has 2 N–H and O–H groups in total. The van der Waals surface area contributed by atoms with Crippen LogP contribution in [0.1, 0.15) is 0 Å². The smallest absolute Gasteiger partial charge is 0.271 e. The molecule has 0 fully saturated rings. The molecule has 0 unspecified atom stereocenters. The van der Waals surface area contributed by atoms with Crippen molar-refractivity contribution in [2.24, 2.45) is 0 Å². The van der Waals surface area contributed by atoms with E-state index in [0.717, 1.165) is 5.56 Å². The third kappa shape index (κ3) is 1.51. The standard InChI is InChI=1S/C9H7ClN2O/c10-7-3-1-6(2-4-7)8-5-11-12-9(8)13/h1-5H,(H2,11,12,13). The first-order valence-corrected chi connectivity index (χ1v) is 4.17. The summed E-state index contributed by atoms with van der Waals surface area (Å²) in [5.41, 5.74) is 1.35. The highest BCUT2D eigenvalue weighted by atomic mass is 35.5. The molecule has 0 spiro atoms. The summed E-state index contributed by atoms with van der Waals surface area (Å²) in [5.74, 6) is 0. The summed E-state index contributed by atoms with van der Waals surface area (Å²) in [5, 5.41) is 5.77. The Hall–Kier alpha value is -1.48.